The molecule has 0 amide bonds. The number of benzene rings is 2. The normalized spacial score (nSPS) is 12.9. The average Bonchev–Trinajstić information content (AvgIpc) is 2.64. The predicted octanol–water partition coefficient (Wildman–Crippen LogP) is 4.31. The van der Waals surface area contributed by atoms with Crippen molar-refractivity contribution in [1.29, 1.82) is 0 Å². The molecule has 0 bridgehead atoms. The van der Waals surface area contributed by atoms with Gasteiger partial charge in [-0.3, -0.25) is 0 Å². The first-order valence-corrected chi connectivity index (χ1v) is 13.2. The van der Waals surface area contributed by atoms with E-state index >= 15 is 0 Å². The molecule has 2 rings (SSSR count). The molecule has 0 heterocycles. The van der Waals surface area contributed by atoms with Crippen LogP contribution in [0.4, 0.5) is 0 Å². The van der Waals surface area contributed by atoms with Crippen molar-refractivity contribution in [3.8, 4) is 5.75 Å². The zero-order chi connectivity index (χ0) is 22.6. The van der Waals surface area contributed by atoms with Crippen LogP contribution in [-0.2, 0) is 32.1 Å². The maximum Gasteiger partial charge on any atom is 0.306 e. The van der Waals surface area contributed by atoms with E-state index in [9.17, 15) is 16.8 Å². The number of rotatable bonds is 9. The molecule has 0 N–H and O–H groups in total. The molecular weight excluding hydrogens is 422 g/mol. The number of nitrogens with zero attached hydrogens (tertiary/aromatic N) is 1. The Balaban J connectivity index is 2.27. The Kier molecular flexibility index (Phi) is 7.71. The van der Waals surface area contributed by atoms with E-state index in [1.54, 1.807) is 24.3 Å². The minimum absolute atomic E-state index is 0.0556. The highest BCUT2D eigenvalue weighted by Gasteiger charge is 2.25. The predicted molar refractivity (Wildman–Crippen MR) is 120 cm³/mol. The molecular formula is C22H31NO5S2. The Bertz CT molecular complexity index is 1040. The van der Waals surface area contributed by atoms with Gasteiger partial charge in [-0.05, 0) is 47.2 Å². The zero-order valence-electron chi connectivity index (χ0n) is 18.3. The topological polar surface area (TPSA) is 80.8 Å². The summed E-state index contributed by atoms with van der Waals surface area (Å²) >= 11 is 0. The van der Waals surface area contributed by atoms with Crippen molar-refractivity contribution >= 4 is 20.1 Å². The van der Waals surface area contributed by atoms with Gasteiger partial charge >= 0.3 is 10.1 Å². The molecule has 6 nitrogen and oxygen atoms in total. The van der Waals surface area contributed by atoms with Crippen molar-refractivity contribution < 1.29 is 21.0 Å². The third-order valence-electron chi connectivity index (χ3n) is 4.65. The molecule has 0 saturated heterocycles. The SMILES string of the molecule is CCCCN(Cc1ccc(OS(C)(=O)=O)cc1)S(=O)(=O)c1ccc(C(C)(C)C)cc1. The Labute approximate surface area is 181 Å². The van der Waals surface area contributed by atoms with E-state index in [1.165, 1.54) is 16.4 Å². The third kappa shape index (κ3) is 6.82. The van der Waals surface area contributed by atoms with Gasteiger partial charge in [-0.1, -0.05) is 58.4 Å². The second kappa shape index (κ2) is 9.49. The molecule has 0 aliphatic heterocycles. The Morgan fingerprint density at radius 1 is 0.900 bits per heavy atom. The van der Waals surface area contributed by atoms with Crippen molar-refractivity contribution in [1.82, 2.24) is 4.31 Å². The van der Waals surface area contributed by atoms with Gasteiger partial charge in [-0.15, -0.1) is 0 Å². The molecule has 0 radical (unpaired) electrons. The summed E-state index contributed by atoms with van der Waals surface area (Å²) in [6.07, 6.45) is 2.59. The van der Waals surface area contributed by atoms with Gasteiger partial charge in [0, 0.05) is 13.1 Å². The molecule has 0 aromatic heterocycles. The summed E-state index contributed by atoms with van der Waals surface area (Å²) < 4.78 is 55.4. The van der Waals surface area contributed by atoms with Crippen molar-refractivity contribution in [2.24, 2.45) is 0 Å². The van der Waals surface area contributed by atoms with Gasteiger partial charge in [0.15, 0.2) is 0 Å². The minimum atomic E-state index is -3.67. The van der Waals surface area contributed by atoms with Crippen LogP contribution in [0.1, 0.15) is 51.7 Å². The lowest BCUT2D eigenvalue weighted by Crippen LogP contribution is -2.31. The highest BCUT2D eigenvalue weighted by molar-refractivity contribution is 7.89. The van der Waals surface area contributed by atoms with E-state index in [0.717, 1.165) is 30.2 Å². The van der Waals surface area contributed by atoms with Crippen LogP contribution in [0, 0.1) is 0 Å². The summed E-state index contributed by atoms with van der Waals surface area (Å²) in [5.74, 6) is 0.196. The fourth-order valence-electron chi connectivity index (χ4n) is 2.92. The van der Waals surface area contributed by atoms with E-state index in [4.69, 9.17) is 4.18 Å². The molecule has 0 saturated carbocycles. The smallest absolute Gasteiger partial charge is 0.306 e. The lowest BCUT2D eigenvalue weighted by molar-refractivity contribution is 0.398. The average molecular weight is 454 g/mol. The van der Waals surface area contributed by atoms with Crippen LogP contribution in [0.2, 0.25) is 0 Å². The van der Waals surface area contributed by atoms with Gasteiger partial charge in [0.1, 0.15) is 5.75 Å². The summed E-state index contributed by atoms with van der Waals surface area (Å²) in [5, 5.41) is 0. The van der Waals surface area contributed by atoms with Gasteiger partial charge in [0.05, 0.1) is 11.2 Å². The Morgan fingerprint density at radius 3 is 1.93 bits per heavy atom. The van der Waals surface area contributed by atoms with Gasteiger partial charge in [0.25, 0.3) is 0 Å². The van der Waals surface area contributed by atoms with Gasteiger partial charge in [-0.2, -0.15) is 12.7 Å². The van der Waals surface area contributed by atoms with Crippen LogP contribution in [0.3, 0.4) is 0 Å². The third-order valence-corrected chi connectivity index (χ3v) is 7.00. The molecule has 0 spiro atoms. The quantitative estimate of drug-likeness (QED) is 0.529. The summed E-state index contributed by atoms with van der Waals surface area (Å²) in [6.45, 7) is 8.87. The first-order valence-electron chi connectivity index (χ1n) is 9.92. The summed E-state index contributed by atoms with van der Waals surface area (Å²) in [5.41, 5.74) is 1.77. The van der Waals surface area contributed by atoms with Gasteiger partial charge < -0.3 is 4.18 Å². The van der Waals surface area contributed by atoms with Crippen molar-refractivity contribution in [3.63, 3.8) is 0 Å². The molecule has 8 heteroatoms. The second-order valence-electron chi connectivity index (χ2n) is 8.40. The molecule has 0 fully saturated rings. The minimum Gasteiger partial charge on any atom is -0.383 e. The van der Waals surface area contributed by atoms with E-state index < -0.39 is 20.1 Å². The monoisotopic (exact) mass is 453 g/mol. The summed E-state index contributed by atoms with van der Waals surface area (Å²) in [7, 11) is -7.27. The first-order chi connectivity index (χ1) is 13.8. The first kappa shape index (κ1) is 24.4. The van der Waals surface area contributed by atoms with Crippen molar-refractivity contribution in [2.45, 2.75) is 57.4 Å². The van der Waals surface area contributed by atoms with Crippen LogP contribution >= 0.6 is 0 Å². The van der Waals surface area contributed by atoms with E-state index in [-0.39, 0.29) is 22.6 Å². The van der Waals surface area contributed by atoms with Crippen molar-refractivity contribution in [3.05, 3.63) is 59.7 Å². The number of hydrogen-bond donors (Lipinski definition) is 0. The maximum atomic E-state index is 13.3. The van der Waals surface area contributed by atoms with Crippen LogP contribution in [0.5, 0.6) is 5.75 Å². The number of sulfonamides is 1. The Morgan fingerprint density at radius 2 is 1.47 bits per heavy atom. The lowest BCUT2D eigenvalue weighted by Gasteiger charge is -2.23. The number of unbranched alkanes of at least 4 members (excludes halogenated alkanes) is 1. The molecule has 2 aromatic rings. The highest BCUT2D eigenvalue weighted by Crippen LogP contribution is 2.26. The van der Waals surface area contributed by atoms with Gasteiger partial charge in [0.2, 0.25) is 10.0 Å². The second-order valence-corrected chi connectivity index (χ2v) is 11.9. The fraction of sp³-hybridized carbons (Fsp3) is 0.455. The molecule has 0 unspecified atom stereocenters. The zero-order valence-corrected chi connectivity index (χ0v) is 19.9. The molecule has 30 heavy (non-hydrogen) atoms. The molecule has 0 aliphatic carbocycles. The Hall–Kier alpha value is -1.90. The fourth-order valence-corrected chi connectivity index (χ4v) is 4.85. The molecule has 166 valence electrons. The highest BCUT2D eigenvalue weighted by atomic mass is 32.2. The van der Waals surface area contributed by atoms with Gasteiger partial charge in [-0.25, -0.2) is 8.42 Å². The van der Waals surface area contributed by atoms with E-state index in [2.05, 4.69) is 20.8 Å². The summed E-state index contributed by atoms with van der Waals surface area (Å²) in [4.78, 5) is 0.267. The van der Waals surface area contributed by atoms with Crippen molar-refractivity contribution in [2.75, 3.05) is 12.8 Å². The molecule has 0 atom stereocenters. The van der Waals surface area contributed by atoms with Crippen LogP contribution in [-0.4, -0.2) is 33.9 Å². The van der Waals surface area contributed by atoms with Crippen LogP contribution in [0.25, 0.3) is 0 Å². The van der Waals surface area contributed by atoms with Crippen LogP contribution in [0.15, 0.2) is 53.4 Å². The summed E-state index contributed by atoms with van der Waals surface area (Å²) in [6, 6.07) is 13.5. The molecule has 2 aromatic carbocycles. The molecule has 0 aliphatic rings. The maximum absolute atomic E-state index is 13.3. The van der Waals surface area contributed by atoms with Crippen LogP contribution < -0.4 is 4.18 Å². The lowest BCUT2D eigenvalue weighted by atomic mass is 9.87. The van der Waals surface area contributed by atoms with E-state index in [0.29, 0.717) is 6.54 Å². The largest absolute Gasteiger partial charge is 0.383 e. The van der Waals surface area contributed by atoms with E-state index in [1.807, 2.05) is 19.1 Å². The standard InChI is InChI=1S/C22H31NO5S2/c1-6-7-16-23(17-18-8-12-20(13-9-18)28-29(5,24)25)30(26,27)21-14-10-19(11-15-21)22(2,3)4/h8-15H,6-7,16-17H2,1-5H3. The number of hydrogen-bond acceptors (Lipinski definition) is 5.